The molecular weight excluding hydrogens is 268 g/mol. The third-order valence-corrected chi connectivity index (χ3v) is 5.76. The molecule has 1 aliphatic heterocycles. The van der Waals surface area contributed by atoms with E-state index in [4.69, 9.17) is 9.47 Å². The van der Waals surface area contributed by atoms with Crippen LogP contribution in [0.3, 0.4) is 0 Å². The molecule has 0 radical (unpaired) electrons. The summed E-state index contributed by atoms with van der Waals surface area (Å²) in [5, 5.41) is 0. The zero-order chi connectivity index (χ0) is 15.4. The minimum Gasteiger partial charge on any atom is -0.462 e. The third kappa shape index (κ3) is 2.11. The molecule has 4 heteroatoms. The standard InChI is InChI=1S/C17H24O4/c1-9-6-5-7-17(4)13(20-11(3)18)8-12-10(2)16(19)21-15(12)14(9)17/h10,12-13,15H,5-8H2,1-4H3/t10-,12+,13+,15-,17-/m1/s1. The van der Waals surface area contributed by atoms with E-state index in [2.05, 4.69) is 13.8 Å². The van der Waals surface area contributed by atoms with Crippen LogP contribution >= 0.6 is 0 Å². The van der Waals surface area contributed by atoms with Gasteiger partial charge in [-0.2, -0.15) is 0 Å². The maximum absolute atomic E-state index is 12.0. The van der Waals surface area contributed by atoms with Gasteiger partial charge in [0.2, 0.25) is 0 Å². The highest BCUT2D eigenvalue weighted by Crippen LogP contribution is 2.56. The highest BCUT2D eigenvalue weighted by atomic mass is 16.6. The summed E-state index contributed by atoms with van der Waals surface area (Å²) in [7, 11) is 0. The monoisotopic (exact) mass is 292 g/mol. The Kier molecular flexibility index (Phi) is 3.38. The van der Waals surface area contributed by atoms with Gasteiger partial charge >= 0.3 is 11.9 Å². The Labute approximate surface area is 125 Å². The summed E-state index contributed by atoms with van der Waals surface area (Å²) >= 11 is 0. The summed E-state index contributed by atoms with van der Waals surface area (Å²) in [6, 6.07) is 0. The quantitative estimate of drug-likeness (QED) is 0.550. The molecular formula is C17H24O4. The van der Waals surface area contributed by atoms with E-state index >= 15 is 0 Å². The van der Waals surface area contributed by atoms with E-state index in [0.29, 0.717) is 0 Å². The van der Waals surface area contributed by atoms with Crippen molar-refractivity contribution in [2.45, 2.75) is 65.6 Å². The predicted molar refractivity (Wildman–Crippen MR) is 77.4 cm³/mol. The minimum atomic E-state index is -0.236. The lowest BCUT2D eigenvalue weighted by atomic mass is 9.58. The molecule has 0 aromatic heterocycles. The molecule has 1 saturated carbocycles. The Morgan fingerprint density at radius 3 is 2.81 bits per heavy atom. The lowest BCUT2D eigenvalue weighted by molar-refractivity contribution is -0.158. The smallest absolute Gasteiger partial charge is 0.309 e. The Hall–Kier alpha value is -1.32. The van der Waals surface area contributed by atoms with Crippen LogP contribution in [0.15, 0.2) is 11.1 Å². The molecule has 1 heterocycles. The summed E-state index contributed by atoms with van der Waals surface area (Å²) in [6.07, 6.45) is 3.62. The van der Waals surface area contributed by atoms with Crippen LogP contribution in [0.1, 0.15) is 53.4 Å². The fourth-order valence-electron chi connectivity index (χ4n) is 4.62. The first-order valence-corrected chi connectivity index (χ1v) is 7.92. The van der Waals surface area contributed by atoms with Crippen LogP contribution in [0.4, 0.5) is 0 Å². The van der Waals surface area contributed by atoms with Gasteiger partial charge in [0, 0.05) is 18.3 Å². The molecule has 0 bridgehead atoms. The van der Waals surface area contributed by atoms with Crippen molar-refractivity contribution in [2.75, 3.05) is 0 Å². The highest BCUT2D eigenvalue weighted by molar-refractivity contribution is 5.76. The predicted octanol–water partition coefficient (Wildman–Crippen LogP) is 3.01. The number of carbonyl (C=O) groups is 2. The molecule has 3 aliphatic rings. The first kappa shape index (κ1) is 14.6. The number of ether oxygens (including phenoxy) is 2. The van der Waals surface area contributed by atoms with Crippen LogP contribution in [0, 0.1) is 17.3 Å². The first-order chi connectivity index (χ1) is 9.84. The molecule has 4 nitrogen and oxygen atoms in total. The number of hydrogen-bond acceptors (Lipinski definition) is 4. The van der Waals surface area contributed by atoms with E-state index in [1.54, 1.807) is 0 Å². The average molecular weight is 292 g/mol. The molecule has 0 spiro atoms. The van der Waals surface area contributed by atoms with Crippen molar-refractivity contribution < 1.29 is 19.1 Å². The molecule has 0 unspecified atom stereocenters. The van der Waals surface area contributed by atoms with Crippen molar-refractivity contribution in [3.63, 3.8) is 0 Å². The second-order valence-corrected chi connectivity index (χ2v) is 7.11. The summed E-state index contributed by atoms with van der Waals surface area (Å²) in [4.78, 5) is 23.5. The maximum atomic E-state index is 12.0. The maximum Gasteiger partial charge on any atom is 0.309 e. The van der Waals surface area contributed by atoms with E-state index in [9.17, 15) is 9.59 Å². The van der Waals surface area contributed by atoms with Crippen molar-refractivity contribution in [1.29, 1.82) is 0 Å². The Bertz CT molecular complexity index is 521. The van der Waals surface area contributed by atoms with Crippen LogP contribution in [-0.4, -0.2) is 24.1 Å². The number of esters is 2. The van der Waals surface area contributed by atoms with E-state index in [1.807, 2.05) is 6.92 Å². The Balaban J connectivity index is 2.05. The van der Waals surface area contributed by atoms with Crippen molar-refractivity contribution in [2.24, 2.45) is 17.3 Å². The number of rotatable bonds is 1. The zero-order valence-corrected chi connectivity index (χ0v) is 13.3. The van der Waals surface area contributed by atoms with E-state index in [0.717, 1.165) is 25.7 Å². The fourth-order valence-corrected chi connectivity index (χ4v) is 4.62. The van der Waals surface area contributed by atoms with Gasteiger partial charge < -0.3 is 9.47 Å². The third-order valence-electron chi connectivity index (χ3n) is 5.76. The Morgan fingerprint density at radius 1 is 1.43 bits per heavy atom. The fraction of sp³-hybridized carbons (Fsp3) is 0.765. The summed E-state index contributed by atoms with van der Waals surface area (Å²) in [6.45, 7) is 7.70. The van der Waals surface area contributed by atoms with Crippen LogP contribution in [0.25, 0.3) is 0 Å². The molecule has 21 heavy (non-hydrogen) atoms. The van der Waals surface area contributed by atoms with Gasteiger partial charge in [0.1, 0.15) is 12.2 Å². The van der Waals surface area contributed by atoms with Crippen LogP contribution in [-0.2, 0) is 19.1 Å². The topological polar surface area (TPSA) is 52.6 Å². The molecule has 0 amide bonds. The molecule has 2 aliphatic carbocycles. The first-order valence-electron chi connectivity index (χ1n) is 7.92. The second kappa shape index (κ2) is 4.85. The van der Waals surface area contributed by atoms with E-state index in [-0.39, 0.29) is 41.4 Å². The largest absolute Gasteiger partial charge is 0.462 e. The lowest BCUT2D eigenvalue weighted by Gasteiger charge is -2.50. The van der Waals surface area contributed by atoms with Crippen LogP contribution in [0.5, 0.6) is 0 Å². The van der Waals surface area contributed by atoms with E-state index in [1.165, 1.54) is 18.1 Å². The molecule has 0 N–H and O–H groups in total. The van der Waals surface area contributed by atoms with Gasteiger partial charge in [0.15, 0.2) is 0 Å². The molecule has 5 atom stereocenters. The van der Waals surface area contributed by atoms with Crippen molar-refractivity contribution >= 4 is 11.9 Å². The SMILES string of the molecule is CC(=O)O[C@H]1C[C@H]2[C@@H](C)C(=O)O[C@H]2C2=C(C)CCC[C@@]21C. The average Bonchev–Trinajstić information content (AvgIpc) is 2.65. The molecule has 116 valence electrons. The molecule has 1 saturated heterocycles. The number of fused-ring (bicyclic) bond motifs is 3. The lowest BCUT2D eigenvalue weighted by Crippen LogP contribution is -2.50. The summed E-state index contributed by atoms with van der Waals surface area (Å²) in [5.41, 5.74) is 2.37. The van der Waals surface area contributed by atoms with Gasteiger partial charge in [-0.3, -0.25) is 9.59 Å². The van der Waals surface area contributed by atoms with Crippen molar-refractivity contribution in [1.82, 2.24) is 0 Å². The number of hydrogen-bond donors (Lipinski definition) is 0. The van der Waals surface area contributed by atoms with Crippen LogP contribution < -0.4 is 0 Å². The van der Waals surface area contributed by atoms with Gasteiger partial charge in [-0.25, -0.2) is 0 Å². The molecule has 3 rings (SSSR count). The second-order valence-electron chi connectivity index (χ2n) is 7.11. The van der Waals surface area contributed by atoms with Gasteiger partial charge in [-0.1, -0.05) is 19.4 Å². The van der Waals surface area contributed by atoms with Gasteiger partial charge in [-0.15, -0.1) is 0 Å². The van der Waals surface area contributed by atoms with Gasteiger partial charge in [0.25, 0.3) is 0 Å². The minimum absolute atomic E-state index is 0.107. The Morgan fingerprint density at radius 2 is 2.14 bits per heavy atom. The number of carbonyl (C=O) groups excluding carboxylic acids is 2. The van der Waals surface area contributed by atoms with Crippen LogP contribution in [0.2, 0.25) is 0 Å². The normalized spacial score (nSPS) is 42.2. The number of allylic oxidation sites excluding steroid dienone is 1. The van der Waals surface area contributed by atoms with E-state index < -0.39 is 0 Å². The molecule has 2 fully saturated rings. The van der Waals surface area contributed by atoms with Gasteiger partial charge in [-0.05, 0) is 38.2 Å². The van der Waals surface area contributed by atoms with Gasteiger partial charge in [0.05, 0.1) is 5.92 Å². The zero-order valence-electron chi connectivity index (χ0n) is 13.3. The summed E-state index contributed by atoms with van der Waals surface area (Å²) in [5.74, 6) is -0.320. The van der Waals surface area contributed by atoms with Crippen molar-refractivity contribution in [3.05, 3.63) is 11.1 Å². The summed E-state index contributed by atoms with van der Waals surface area (Å²) < 4.78 is 11.4. The molecule has 0 aromatic rings. The van der Waals surface area contributed by atoms with Crippen molar-refractivity contribution in [3.8, 4) is 0 Å². The molecule has 0 aromatic carbocycles. The highest BCUT2D eigenvalue weighted by Gasteiger charge is 2.57.